The van der Waals surface area contributed by atoms with Gasteiger partial charge in [-0.25, -0.2) is 9.67 Å². The zero-order valence-electron chi connectivity index (χ0n) is 16.5. The average molecular weight is 388 g/mol. The van der Waals surface area contributed by atoms with Crippen LogP contribution in [0.1, 0.15) is 35.7 Å². The highest BCUT2D eigenvalue weighted by Crippen LogP contribution is 2.32. The Balaban J connectivity index is 1.33. The SMILES string of the molecule is COc1ccc2c(c1)C=C(CNC1CCCc3c1cnn3-c1ccccn1)CO2. The number of fused-ring (bicyclic) bond motifs is 2. The van der Waals surface area contributed by atoms with Gasteiger partial charge in [-0.3, -0.25) is 0 Å². The van der Waals surface area contributed by atoms with Gasteiger partial charge >= 0.3 is 0 Å². The fraction of sp³-hybridized carbons (Fsp3) is 0.304. The Morgan fingerprint density at radius 1 is 1.28 bits per heavy atom. The number of aromatic nitrogens is 3. The molecule has 2 aromatic heterocycles. The van der Waals surface area contributed by atoms with Gasteiger partial charge in [-0.2, -0.15) is 5.10 Å². The predicted octanol–water partition coefficient (Wildman–Crippen LogP) is 3.72. The number of rotatable bonds is 5. The summed E-state index contributed by atoms with van der Waals surface area (Å²) in [5.74, 6) is 2.63. The molecule has 5 rings (SSSR count). The zero-order valence-corrected chi connectivity index (χ0v) is 16.5. The minimum atomic E-state index is 0.295. The summed E-state index contributed by atoms with van der Waals surface area (Å²) in [5.41, 5.74) is 4.84. The molecule has 0 fully saturated rings. The summed E-state index contributed by atoms with van der Waals surface area (Å²) in [7, 11) is 1.68. The largest absolute Gasteiger partial charge is 0.497 e. The highest BCUT2D eigenvalue weighted by Gasteiger charge is 2.25. The minimum Gasteiger partial charge on any atom is -0.497 e. The minimum absolute atomic E-state index is 0.295. The van der Waals surface area contributed by atoms with Crippen LogP contribution in [0, 0.1) is 0 Å². The molecule has 1 aliphatic heterocycles. The third-order valence-electron chi connectivity index (χ3n) is 5.61. The van der Waals surface area contributed by atoms with E-state index < -0.39 is 0 Å². The Morgan fingerprint density at radius 3 is 3.10 bits per heavy atom. The number of benzene rings is 1. The lowest BCUT2D eigenvalue weighted by molar-refractivity contribution is 0.338. The summed E-state index contributed by atoms with van der Waals surface area (Å²) in [6.45, 7) is 1.40. The number of ether oxygens (including phenoxy) is 2. The van der Waals surface area contributed by atoms with Gasteiger partial charge in [0.15, 0.2) is 5.82 Å². The van der Waals surface area contributed by atoms with Crippen LogP contribution in [-0.2, 0) is 6.42 Å². The fourth-order valence-corrected chi connectivity index (χ4v) is 4.13. The van der Waals surface area contributed by atoms with E-state index in [0.29, 0.717) is 12.6 Å². The maximum Gasteiger partial charge on any atom is 0.153 e. The smallest absolute Gasteiger partial charge is 0.153 e. The molecule has 148 valence electrons. The van der Waals surface area contributed by atoms with E-state index >= 15 is 0 Å². The van der Waals surface area contributed by atoms with E-state index in [2.05, 4.69) is 21.5 Å². The summed E-state index contributed by atoms with van der Waals surface area (Å²) in [4.78, 5) is 4.45. The number of methoxy groups -OCH3 is 1. The van der Waals surface area contributed by atoms with Crippen molar-refractivity contribution in [1.82, 2.24) is 20.1 Å². The summed E-state index contributed by atoms with van der Waals surface area (Å²) < 4.78 is 13.2. The third kappa shape index (κ3) is 3.51. The quantitative estimate of drug-likeness (QED) is 0.722. The molecule has 0 bridgehead atoms. The zero-order chi connectivity index (χ0) is 19.6. The summed E-state index contributed by atoms with van der Waals surface area (Å²) >= 11 is 0. The highest BCUT2D eigenvalue weighted by atomic mass is 16.5. The van der Waals surface area contributed by atoms with Crippen LogP contribution >= 0.6 is 0 Å². The normalized spacial score (nSPS) is 17.7. The topological polar surface area (TPSA) is 61.2 Å². The van der Waals surface area contributed by atoms with Gasteiger partial charge in [-0.1, -0.05) is 6.07 Å². The van der Waals surface area contributed by atoms with Crippen molar-refractivity contribution in [3.8, 4) is 17.3 Å². The second kappa shape index (κ2) is 7.72. The molecule has 0 spiro atoms. The molecule has 1 aliphatic carbocycles. The molecule has 1 unspecified atom stereocenters. The lowest BCUT2D eigenvalue weighted by atomic mass is 9.92. The van der Waals surface area contributed by atoms with E-state index in [9.17, 15) is 0 Å². The van der Waals surface area contributed by atoms with Gasteiger partial charge in [-0.05, 0) is 61.2 Å². The van der Waals surface area contributed by atoms with E-state index in [4.69, 9.17) is 9.47 Å². The Morgan fingerprint density at radius 2 is 2.24 bits per heavy atom. The van der Waals surface area contributed by atoms with Gasteiger partial charge in [0.25, 0.3) is 0 Å². The van der Waals surface area contributed by atoms with Crippen molar-refractivity contribution in [3.63, 3.8) is 0 Å². The molecule has 1 N–H and O–H groups in total. The Bertz CT molecular complexity index is 1040. The first-order valence-corrected chi connectivity index (χ1v) is 10.0. The van der Waals surface area contributed by atoms with Gasteiger partial charge in [-0.15, -0.1) is 0 Å². The molecule has 2 aliphatic rings. The number of nitrogens with one attached hydrogen (secondary N) is 1. The molecule has 6 heteroatoms. The molecule has 0 amide bonds. The lowest BCUT2D eigenvalue weighted by Crippen LogP contribution is -2.29. The highest BCUT2D eigenvalue weighted by molar-refractivity contribution is 5.64. The predicted molar refractivity (Wildman–Crippen MR) is 112 cm³/mol. The van der Waals surface area contributed by atoms with E-state index in [1.165, 1.54) is 16.8 Å². The van der Waals surface area contributed by atoms with E-state index in [1.807, 2.05) is 53.5 Å². The van der Waals surface area contributed by atoms with Crippen LogP contribution in [0.4, 0.5) is 0 Å². The number of hydrogen-bond donors (Lipinski definition) is 1. The molecule has 3 aromatic rings. The Kier molecular flexibility index (Phi) is 4.77. The van der Waals surface area contributed by atoms with Crippen LogP contribution in [0.15, 0.2) is 54.4 Å². The molecular weight excluding hydrogens is 364 g/mol. The monoisotopic (exact) mass is 388 g/mol. The molecule has 1 atom stereocenters. The lowest BCUT2D eigenvalue weighted by Gasteiger charge is -2.26. The average Bonchev–Trinajstić information content (AvgIpc) is 3.22. The van der Waals surface area contributed by atoms with Crippen molar-refractivity contribution in [3.05, 3.63) is 71.2 Å². The Labute approximate surface area is 170 Å². The van der Waals surface area contributed by atoms with E-state index in [-0.39, 0.29) is 0 Å². The fourth-order valence-electron chi connectivity index (χ4n) is 4.13. The molecule has 3 heterocycles. The van der Waals surface area contributed by atoms with Crippen molar-refractivity contribution in [1.29, 1.82) is 0 Å². The molecular formula is C23H24N4O2. The summed E-state index contributed by atoms with van der Waals surface area (Å²) in [6, 6.07) is 12.1. The van der Waals surface area contributed by atoms with Gasteiger partial charge < -0.3 is 14.8 Å². The van der Waals surface area contributed by atoms with E-state index in [0.717, 1.165) is 48.7 Å². The van der Waals surface area contributed by atoms with E-state index in [1.54, 1.807) is 7.11 Å². The van der Waals surface area contributed by atoms with Crippen LogP contribution in [0.2, 0.25) is 0 Å². The molecule has 1 aromatic carbocycles. The van der Waals surface area contributed by atoms with Crippen molar-refractivity contribution in [2.75, 3.05) is 20.3 Å². The van der Waals surface area contributed by atoms with Crippen molar-refractivity contribution in [2.24, 2.45) is 0 Å². The standard InChI is InChI=1S/C23H24N4O2/c1-28-18-8-9-22-17(12-18)11-16(15-29-22)13-25-20-5-4-6-21-19(20)14-26-27(21)23-7-2-3-10-24-23/h2-3,7-12,14,20,25H,4-6,13,15H2,1H3. The Hall–Kier alpha value is -3.12. The van der Waals surface area contributed by atoms with Gasteiger partial charge in [0.05, 0.1) is 19.0 Å². The maximum absolute atomic E-state index is 5.92. The second-order valence-electron chi connectivity index (χ2n) is 7.47. The van der Waals surface area contributed by atoms with Crippen molar-refractivity contribution in [2.45, 2.75) is 25.3 Å². The summed E-state index contributed by atoms with van der Waals surface area (Å²) in [6.07, 6.45) is 9.29. The molecule has 0 radical (unpaired) electrons. The maximum atomic E-state index is 5.92. The van der Waals surface area contributed by atoms with Crippen molar-refractivity contribution >= 4 is 6.08 Å². The van der Waals surface area contributed by atoms with Crippen LogP contribution < -0.4 is 14.8 Å². The van der Waals surface area contributed by atoms with Crippen LogP contribution in [0.3, 0.4) is 0 Å². The van der Waals surface area contributed by atoms with Crippen LogP contribution in [-0.4, -0.2) is 35.0 Å². The molecule has 29 heavy (non-hydrogen) atoms. The van der Waals surface area contributed by atoms with Gasteiger partial charge in [0.1, 0.15) is 18.1 Å². The first-order chi connectivity index (χ1) is 14.3. The van der Waals surface area contributed by atoms with Gasteiger partial charge in [0.2, 0.25) is 0 Å². The number of nitrogens with zero attached hydrogens (tertiary/aromatic N) is 3. The van der Waals surface area contributed by atoms with Gasteiger partial charge in [0, 0.05) is 29.9 Å². The third-order valence-corrected chi connectivity index (χ3v) is 5.61. The van der Waals surface area contributed by atoms with Crippen LogP contribution in [0.5, 0.6) is 11.5 Å². The molecule has 0 saturated heterocycles. The first kappa shape index (κ1) is 17.9. The molecule has 0 saturated carbocycles. The summed E-state index contributed by atoms with van der Waals surface area (Å²) in [5, 5.41) is 8.34. The number of pyridine rings is 1. The molecule has 6 nitrogen and oxygen atoms in total. The van der Waals surface area contributed by atoms with Crippen molar-refractivity contribution < 1.29 is 9.47 Å². The number of hydrogen-bond acceptors (Lipinski definition) is 5. The van der Waals surface area contributed by atoms with Crippen LogP contribution in [0.25, 0.3) is 11.9 Å². The second-order valence-corrected chi connectivity index (χ2v) is 7.47. The first-order valence-electron chi connectivity index (χ1n) is 10.0.